The monoisotopic (exact) mass is 220 g/mol. The molecule has 1 aliphatic heterocycles. The van der Waals surface area contributed by atoms with Crippen molar-refractivity contribution in [1.82, 2.24) is 5.32 Å². The smallest absolute Gasteiger partial charge is 0.0480 e. The maximum Gasteiger partial charge on any atom is 0.0480 e. The van der Waals surface area contributed by atoms with Crippen LogP contribution in [0.4, 0.5) is 5.69 Å². The molecule has 0 aliphatic carbocycles. The normalized spacial score (nSPS) is 17.2. The van der Waals surface area contributed by atoms with Gasteiger partial charge in [0.2, 0.25) is 0 Å². The lowest BCUT2D eigenvalue weighted by Crippen LogP contribution is -2.37. The van der Waals surface area contributed by atoms with Gasteiger partial charge in [0.15, 0.2) is 0 Å². The summed E-state index contributed by atoms with van der Waals surface area (Å²) in [5, 5.41) is 6.94. The molecule has 0 aromatic heterocycles. The van der Waals surface area contributed by atoms with Crippen LogP contribution in [0.3, 0.4) is 0 Å². The van der Waals surface area contributed by atoms with E-state index in [1.54, 1.807) is 0 Å². The van der Waals surface area contributed by atoms with Crippen LogP contribution in [0, 0.1) is 0 Å². The Hall–Kier alpha value is -1.06. The van der Waals surface area contributed by atoms with Crippen molar-refractivity contribution in [3.8, 4) is 0 Å². The van der Waals surface area contributed by atoms with Crippen LogP contribution in [-0.4, -0.2) is 32.3 Å². The minimum Gasteiger partial charge on any atom is -0.384 e. The summed E-state index contributed by atoms with van der Waals surface area (Å²) in [6, 6.07) is 11.0. The molecule has 3 heteroatoms. The predicted molar refractivity (Wildman–Crippen MR) is 66.8 cm³/mol. The maximum absolute atomic E-state index is 5.32. The summed E-state index contributed by atoms with van der Waals surface area (Å²) in [4.78, 5) is 0. The number of para-hydroxylation sites is 1. The third-order valence-electron chi connectivity index (χ3n) is 2.88. The Morgan fingerprint density at radius 3 is 2.56 bits per heavy atom. The summed E-state index contributed by atoms with van der Waals surface area (Å²) < 4.78 is 5.32. The van der Waals surface area contributed by atoms with E-state index in [9.17, 15) is 0 Å². The van der Waals surface area contributed by atoms with Crippen molar-refractivity contribution in [2.45, 2.75) is 18.9 Å². The number of rotatable bonds is 5. The molecule has 0 saturated carbocycles. The van der Waals surface area contributed by atoms with Crippen molar-refractivity contribution >= 4 is 5.69 Å². The Morgan fingerprint density at radius 2 is 1.81 bits per heavy atom. The van der Waals surface area contributed by atoms with Gasteiger partial charge in [-0.25, -0.2) is 0 Å². The molecule has 0 bridgehead atoms. The van der Waals surface area contributed by atoms with E-state index in [4.69, 9.17) is 4.74 Å². The zero-order chi connectivity index (χ0) is 11.1. The summed E-state index contributed by atoms with van der Waals surface area (Å²) in [5.74, 6) is 0. The van der Waals surface area contributed by atoms with Gasteiger partial charge in [0.1, 0.15) is 0 Å². The summed E-state index contributed by atoms with van der Waals surface area (Å²) in [5.41, 5.74) is 1.19. The van der Waals surface area contributed by atoms with Gasteiger partial charge in [0.05, 0.1) is 0 Å². The molecule has 0 radical (unpaired) electrons. The molecule has 16 heavy (non-hydrogen) atoms. The van der Waals surface area contributed by atoms with E-state index in [0.29, 0.717) is 6.04 Å². The van der Waals surface area contributed by atoms with Gasteiger partial charge < -0.3 is 15.4 Å². The van der Waals surface area contributed by atoms with Gasteiger partial charge >= 0.3 is 0 Å². The Kier molecular flexibility index (Phi) is 4.65. The van der Waals surface area contributed by atoms with Crippen LogP contribution in [0.5, 0.6) is 0 Å². The number of anilines is 1. The molecule has 0 amide bonds. The van der Waals surface area contributed by atoms with Gasteiger partial charge in [-0.3, -0.25) is 0 Å². The third-order valence-corrected chi connectivity index (χ3v) is 2.88. The summed E-state index contributed by atoms with van der Waals surface area (Å²) >= 11 is 0. The van der Waals surface area contributed by atoms with Gasteiger partial charge in [0, 0.05) is 38.0 Å². The van der Waals surface area contributed by atoms with Crippen molar-refractivity contribution in [2.24, 2.45) is 0 Å². The predicted octanol–water partition coefficient (Wildman–Crippen LogP) is 1.87. The SMILES string of the molecule is c1ccc(NCCNC2CCOCC2)cc1. The van der Waals surface area contributed by atoms with E-state index in [1.807, 2.05) is 18.2 Å². The molecule has 1 heterocycles. The molecule has 1 aliphatic rings. The fourth-order valence-electron chi connectivity index (χ4n) is 1.94. The largest absolute Gasteiger partial charge is 0.384 e. The van der Waals surface area contributed by atoms with Crippen LogP contribution in [0.1, 0.15) is 12.8 Å². The molecule has 0 atom stereocenters. The Balaban J connectivity index is 1.58. The lowest BCUT2D eigenvalue weighted by Gasteiger charge is -2.23. The topological polar surface area (TPSA) is 33.3 Å². The Labute approximate surface area is 97.2 Å². The van der Waals surface area contributed by atoms with Crippen LogP contribution < -0.4 is 10.6 Å². The Morgan fingerprint density at radius 1 is 1.06 bits per heavy atom. The highest BCUT2D eigenvalue weighted by Gasteiger charge is 2.11. The van der Waals surface area contributed by atoms with Crippen LogP contribution in [0.15, 0.2) is 30.3 Å². The van der Waals surface area contributed by atoms with Gasteiger partial charge in [-0.05, 0) is 25.0 Å². The molecule has 0 unspecified atom stereocenters. The third kappa shape index (κ3) is 3.83. The van der Waals surface area contributed by atoms with E-state index in [2.05, 4.69) is 22.8 Å². The second-order valence-electron chi connectivity index (χ2n) is 4.13. The van der Waals surface area contributed by atoms with E-state index < -0.39 is 0 Å². The first kappa shape index (κ1) is 11.4. The highest BCUT2D eigenvalue weighted by Crippen LogP contribution is 2.06. The summed E-state index contributed by atoms with van der Waals surface area (Å²) in [6.45, 7) is 3.80. The highest BCUT2D eigenvalue weighted by atomic mass is 16.5. The molecule has 1 saturated heterocycles. The molecule has 0 spiro atoms. The van der Waals surface area contributed by atoms with E-state index >= 15 is 0 Å². The zero-order valence-corrected chi connectivity index (χ0v) is 9.61. The van der Waals surface area contributed by atoms with Crippen LogP contribution in [-0.2, 0) is 4.74 Å². The number of ether oxygens (including phenoxy) is 1. The molecular formula is C13H20N2O. The van der Waals surface area contributed by atoms with E-state index in [0.717, 1.165) is 39.1 Å². The molecule has 88 valence electrons. The number of benzene rings is 1. The molecule has 1 fully saturated rings. The molecule has 1 aromatic rings. The minimum atomic E-state index is 0.645. The van der Waals surface area contributed by atoms with Crippen LogP contribution in [0.2, 0.25) is 0 Å². The standard InChI is InChI=1S/C13H20N2O/c1-2-4-12(5-3-1)14-8-9-15-13-6-10-16-11-7-13/h1-5,13-15H,6-11H2. The summed E-state index contributed by atoms with van der Waals surface area (Å²) in [6.07, 6.45) is 2.29. The van der Waals surface area contributed by atoms with Crippen LogP contribution >= 0.6 is 0 Å². The van der Waals surface area contributed by atoms with Crippen molar-refractivity contribution in [3.05, 3.63) is 30.3 Å². The maximum atomic E-state index is 5.32. The van der Waals surface area contributed by atoms with E-state index in [-0.39, 0.29) is 0 Å². The van der Waals surface area contributed by atoms with Crippen molar-refractivity contribution in [1.29, 1.82) is 0 Å². The zero-order valence-electron chi connectivity index (χ0n) is 9.61. The molecular weight excluding hydrogens is 200 g/mol. The second kappa shape index (κ2) is 6.51. The van der Waals surface area contributed by atoms with Gasteiger partial charge in [0.25, 0.3) is 0 Å². The molecule has 2 rings (SSSR count). The molecule has 1 aromatic carbocycles. The fourth-order valence-corrected chi connectivity index (χ4v) is 1.94. The van der Waals surface area contributed by atoms with Crippen molar-refractivity contribution in [3.63, 3.8) is 0 Å². The van der Waals surface area contributed by atoms with Gasteiger partial charge in [-0.15, -0.1) is 0 Å². The lowest BCUT2D eigenvalue weighted by molar-refractivity contribution is 0.0784. The quantitative estimate of drug-likeness (QED) is 0.743. The average Bonchev–Trinajstić information content (AvgIpc) is 2.37. The average molecular weight is 220 g/mol. The fraction of sp³-hybridized carbons (Fsp3) is 0.538. The summed E-state index contributed by atoms with van der Waals surface area (Å²) in [7, 11) is 0. The minimum absolute atomic E-state index is 0.645. The number of hydrogen-bond donors (Lipinski definition) is 2. The van der Waals surface area contributed by atoms with E-state index in [1.165, 1.54) is 5.69 Å². The number of nitrogens with one attached hydrogen (secondary N) is 2. The Bertz CT molecular complexity index is 283. The lowest BCUT2D eigenvalue weighted by atomic mass is 10.1. The molecule has 2 N–H and O–H groups in total. The number of hydrogen-bond acceptors (Lipinski definition) is 3. The van der Waals surface area contributed by atoms with Gasteiger partial charge in [-0.2, -0.15) is 0 Å². The molecule has 3 nitrogen and oxygen atoms in total. The van der Waals surface area contributed by atoms with Crippen molar-refractivity contribution < 1.29 is 4.74 Å². The van der Waals surface area contributed by atoms with Gasteiger partial charge in [-0.1, -0.05) is 18.2 Å². The first-order valence-electron chi connectivity index (χ1n) is 6.05. The first-order chi connectivity index (χ1) is 7.95. The van der Waals surface area contributed by atoms with Crippen LogP contribution in [0.25, 0.3) is 0 Å². The highest BCUT2D eigenvalue weighted by molar-refractivity contribution is 5.42. The second-order valence-corrected chi connectivity index (χ2v) is 4.13. The first-order valence-corrected chi connectivity index (χ1v) is 6.05. The van der Waals surface area contributed by atoms with Crippen molar-refractivity contribution in [2.75, 3.05) is 31.6 Å².